The molecule has 2 N–H and O–H groups in total. The topological polar surface area (TPSA) is 88.9 Å². The molecule has 0 saturated carbocycles. The Morgan fingerprint density at radius 2 is 1.72 bits per heavy atom. The van der Waals surface area contributed by atoms with Crippen molar-refractivity contribution in [3.05, 3.63) is 75.5 Å². The van der Waals surface area contributed by atoms with Gasteiger partial charge in [0.2, 0.25) is 5.91 Å². The molecule has 32 heavy (non-hydrogen) atoms. The fourth-order valence-corrected chi connectivity index (χ4v) is 4.08. The molecule has 0 aliphatic carbocycles. The van der Waals surface area contributed by atoms with Crippen molar-refractivity contribution < 1.29 is 9.59 Å². The molecule has 1 aromatic heterocycles. The summed E-state index contributed by atoms with van der Waals surface area (Å²) in [5, 5.41) is 15.5. The molecule has 0 saturated heterocycles. The lowest BCUT2D eigenvalue weighted by Crippen LogP contribution is -2.29. The summed E-state index contributed by atoms with van der Waals surface area (Å²) in [5.74, 6) is 0.367. The monoisotopic (exact) mass is 491 g/mol. The Morgan fingerprint density at radius 3 is 2.41 bits per heavy atom. The first-order valence-electron chi connectivity index (χ1n) is 9.88. The number of hydrogen-bond donors (Lipinski definition) is 2. The molecular weight excluding hydrogens is 469 g/mol. The smallest absolute Gasteiger partial charge is 0.251 e. The van der Waals surface area contributed by atoms with Gasteiger partial charge in [0.1, 0.15) is 0 Å². The number of carbonyl (C=O) groups excluding carboxylic acids is 2. The van der Waals surface area contributed by atoms with Gasteiger partial charge in [-0.1, -0.05) is 65.3 Å². The zero-order valence-electron chi connectivity index (χ0n) is 17.8. The highest BCUT2D eigenvalue weighted by atomic mass is 35.5. The van der Waals surface area contributed by atoms with Crippen LogP contribution in [0.25, 0.3) is 0 Å². The molecule has 10 heteroatoms. The predicted octanol–water partition coefficient (Wildman–Crippen LogP) is 4.58. The SMILES string of the molecule is C[C@H](NC(=O)CSc1nnc([C@H](C)NC(=O)c2ccc(Cl)c(Cl)c2)n1C)c1ccccc1. The van der Waals surface area contributed by atoms with E-state index in [0.717, 1.165) is 5.56 Å². The van der Waals surface area contributed by atoms with Crippen LogP contribution in [0.4, 0.5) is 0 Å². The Bertz CT molecular complexity index is 1110. The number of carbonyl (C=O) groups is 2. The van der Waals surface area contributed by atoms with Crippen molar-refractivity contribution in [2.24, 2.45) is 7.05 Å². The van der Waals surface area contributed by atoms with Crippen LogP contribution in [0.2, 0.25) is 10.0 Å². The molecule has 0 bridgehead atoms. The lowest BCUT2D eigenvalue weighted by Gasteiger charge is -2.15. The molecule has 168 valence electrons. The van der Waals surface area contributed by atoms with Crippen molar-refractivity contribution >= 4 is 46.8 Å². The number of aromatic nitrogens is 3. The largest absolute Gasteiger partial charge is 0.349 e. The lowest BCUT2D eigenvalue weighted by molar-refractivity contribution is -0.119. The first-order chi connectivity index (χ1) is 15.3. The van der Waals surface area contributed by atoms with Crippen molar-refractivity contribution in [1.29, 1.82) is 0 Å². The van der Waals surface area contributed by atoms with E-state index in [1.54, 1.807) is 23.7 Å². The summed E-state index contributed by atoms with van der Waals surface area (Å²) in [6.07, 6.45) is 0. The molecule has 3 rings (SSSR count). The van der Waals surface area contributed by atoms with Crippen LogP contribution >= 0.6 is 35.0 Å². The van der Waals surface area contributed by atoms with Gasteiger partial charge in [0.25, 0.3) is 5.91 Å². The molecule has 1 heterocycles. The van der Waals surface area contributed by atoms with Crippen LogP contribution in [0.5, 0.6) is 0 Å². The second kappa shape index (κ2) is 10.8. The highest BCUT2D eigenvalue weighted by molar-refractivity contribution is 7.99. The second-order valence-corrected chi connectivity index (χ2v) is 8.97. The Labute approximate surface area is 200 Å². The predicted molar refractivity (Wildman–Crippen MR) is 127 cm³/mol. The minimum Gasteiger partial charge on any atom is -0.349 e. The van der Waals surface area contributed by atoms with Crippen molar-refractivity contribution in [1.82, 2.24) is 25.4 Å². The molecule has 0 fully saturated rings. The third-order valence-corrected chi connectivity index (χ3v) is 6.55. The number of rotatable bonds is 8. The van der Waals surface area contributed by atoms with Crippen molar-refractivity contribution in [2.75, 3.05) is 5.75 Å². The quantitative estimate of drug-likeness (QED) is 0.450. The van der Waals surface area contributed by atoms with E-state index in [2.05, 4.69) is 20.8 Å². The number of amides is 2. The van der Waals surface area contributed by atoms with Gasteiger partial charge in [-0.05, 0) is 37.6 Å². The Hall–Kier alpha value is -2.55. The molecule has 0 aliphatic heterocycles. The number of halogens is 2. The molecule has 2 atom stereocenters. The van der Waals surface area contributed by atoms with Gasteiger partial charge in [-0.25, -0.2) is 0 Å². The van der Waals surface area contributed by atoms with E-state index in [4.69, 9.17) is 23.2 Å². The van der Waals surface area contributed by atoms with E-state index in [0.29, 0.717) is 26.6 Å². The fraction of sp³-hybridized carbons (Fsp3) is 0.273. The molecule has 0 unspecified atom stereocenters. The average Bonchev–Trinajstić information content (AvgIpc) is 3.15. The standard InChI is InChI=1S/C22H23Cl2N5O2S/c1-13(15-7-5-4-6-8-15)25-19(30)12-32-22-28-27-20(29(22)3)14(2)26-21(31)16-9-10-17(23)18(24)11-16/h4-11,13-14H,12H2,1-3H3,(H,25,30)(H,26,31)/t13-,14-/m0/s1. The maximum atomic E-state index is 12.5. The Balaban J connectivity index is 1.56. The molecule has 0 radical (unpaired) electrons. The van der Waals surface area contributed by atoms with Gasteiger partial charge in [-0.2, -0.15) is 0 Å². The van der Waals surface area contributed by atoms with Crippen LogP contribution in [-0.2, 0) is 11.8 Å². The van der Waals surface area contributed by atoms with Crippen LogP contribution in [0, 0.1) is 0 Å². The maximum absolute atomic E-state index is 12.5. The number of nitrogens with one attached hydrogen (secondary N) is 2. The summed E-state index contributed by atoms with van der Waals surface area (Å²) in [7, 11) is 1.80. The van der Waals surface area contributed by atoms with Crippen molar-refractivity contribution in [2.45, 2.75) is 31.1 Å². The van der Waals surface area contributed by atoms with E-state index in [9.17, 15) is 9.59 Å². The molecule has 7 nitrogen and oxygen atoms in total. The van der Waals surface area contributed by atoms with Crippen LogP contribution in [0.15, 0.2) is 53.7 Å². The third-order valence-electron chi connectivity index (χ3n) is 4.79. The van der Waals surface area contributed by atoms with E-state index in [-0.39, 0.29) is 23.6 Å². The number of hydrogen-bond acceptors (Lipinski definition) is 5. The zero-order chi connectivity index (χ0) is 23.3. The number of thioether (sulfide) groups is 1. The third kappa shape index (κ3) is 6.03. The van der Waals surface area contributed by atoms with E-state index in [1.807, 2.05) is 44.2 Å². The maximum Gasteiger partial charge on any atom is 0.251 e. The van der Waals surface area contributed by atoms with Gasteiger partial charge in [-0.15, -0.1) is 10.2 Å². The van der Waals surface area contributed by atoms with Gasteiger partial charge >= 0.3 is 0 Å². The summed E-state index contributed by atoms with van der Waals surface area (Å²) < 4.78 is 1.76. The number of benzene rings is 2. The minimum absolute atomic E-state index is 0.0871. The summed E-state index contributed by atoms with van der Waals surface area (Å²) in [5.41, 5.74) is 1.44. The fourth-order valence-electron chi connectivity index (χ4n) is 3.05. The highest BCUT2D eigenvalue weighted by Gasteiger charge is 2.20. The normalized spacial score (nSPS) is 12.8. The van der Waals surface area contributed by atoms with Gasteiger partial charge in [-0.3, -0.25) is 9.59 Å². The Morgan fingerprint density at radius 1 is 1.00 bits per heavy atom. The van der Waals surface area contributed by atoms with Gasteiger partial charge in [0, 0.05) is 12.6 Å². The molecular formula is C22H23Cl2N5O2S. The Kier molecular flexibility index (Phi) is 8.17. The van der Waals surface area contributed by atoms with Crippen molar-refractivity contribution in [3.63, 3.8) is 0 Å². The van der Waals surface area contributed by atoms with Crippen LogP contribution in [0.1, 0.15) is 47.7 Å². The second-order valence-electron chi connectivity index (χ2n) is 7.21. The van der Waals surface area contributed by atoms with Gasteiger partial charge < -0.3 is 15.2 Å². The first-order valence-corrected chi connectivity index (χ1v) is 11.6. The van der Waals surface area contributed by atoms with Gasteiger partial charge in [0.15, 0.2) is 11.0 Å². The summed E-state index contributed by atoms with van der Waals surface area (Å²) in [6, 6.07) is 14.0. The minimum atomic E-state index is -0.407. The molecule has 3 aromatic rings. The van der Waals surface area contributed by atoms with E-state index in [1.165, 1.54) is 17.8 Å². The number of nitrogens with zero attached hydrogens (tertiary/aromatic N) is 3. The molecule has 2 aromatic carbocycles. The lowest BCUT2D eigenvalue weighted by atomic mass is 10.1. The molecule has 2 amide bonds. The first kappa shape index (κ1) is 24.1. The highest BCUT2D eigenvalue weighted by Crippen LogP contribution is 2.23. The van der Waals surface area contributed by atoms with Crippen LogP contribution in [0.3, 0.4) is 0 Å². The summed E-state index contributed by atoms with van der Waals surface area (Å²) in [4.78, 5) is 24.9. The van der Waals surface area contributed by atoms with E-state index >= 15 is 0 Å². The summed E-state index contributed by atoms with van der Waals surface area (Å²) >= 11 is 13.2. The molecule has 0 aliphatic rings. The van der Waals surface area contributed by atoms with Crippen LogP contribution in [-0.4, -0.2) is 32.3 Å². The zero-order valence-corrected chi connectivity index (χ0v) is 20.1. The molecule has 0 spiro atoms. The summed E-state index contributed by atoms with van der Waals surface area (Å²) in [6.45, 7) is 3.75. The van der Waals surface area contributed by atoms with Crippen molar-refractivity contribution in [3.8, 4) is 0 Å². The van der Waals surface area contributed by atoms with Gasteiger partial charge in [0.05, 0.1) is 27.9 Å². The van der Waals surface area contributed by atoms with E-state index < -0.39 is 6.04 Å². The average molecular weight is 492 g/mol. The van der Waals surface area contributed by atoms with Crippen LogP contribution < -0.4 is 10.6 Å².